The minimum Gasteiger partial charge on any atom is -0.496 e. The fourth-order valence-corrected chi connectivity index (χ4v) is 2.13. The summed E-state index contributed by atoms with van der Waals surface area (Å²) in [4.78, 5) is 11.8. The Balaban J connectivity index is 2.10. The Labute approximate surface area is 125 Å². The Morgan fingerprint density at radius 2 is 2.05 bits per heavy atom. The van der Waals surface area contributed by atoms with E-state index in [0.29, 0.717) is 5.69 Å². The summed E-state index contributed by atoms with van der Waals surface area (Å²) in [6.07, 6.45) is 2.34. The summed E-state index contributed by atoms with van der Waals surface area (Å²) in [5.74, 6) is 0.793. The fraction of sp³-hybridized carbons (Fsp3) is 0.562. The third-order valence-electron chi connectivity index (χ3n) is 3.36. The van der Waals surface area contributed by atoms with E-state index in [1.54, 1.807) is 13.2 Å². The zero-order valence-electron chi connectivity index (χ0n) is 13.2. The van der Waals surface area contributed by atoms with Crippen molar-refractivity contribution in [1.82, 2.24) is 0 Å². The highest BCUT2D eigenvalue weighted by Gasteiger charge is 2.38. The van der Waals surface area contributed by atoms with Crippen LogP contribution in [0.15, 0.2) is 18.2 Å². The Morgan fingerprint density at radius 3 is 2.57 bits per heavy atom. The summed E-state index contributed by atoms with van der Waals surface area (Å²) in [6.45, 7) is 5.49. The van der Waals surface area contributed by atoms with Gasteiger partial charge in [-0.15, -0.1) is 0 Å². The molecule has 0 unspecified atom stereocenters. The van der Waals surface area contributed by atoms with E-state index < -0.39 is 11.7 Å². The van der Waals surface area contributed by atoms with Crippen molar-refractivity contribution in [3.05, 3.63) is 23.8 Å². The van der Waals surface area contributed by atoms with Gasteiger partial charge in [-0.3, -0.25) is 5.32 Å². The molecule has 116 valence electrons. The minimum atomic E-state index is -0.519. The second kappa shape index (κ2) is 5.56. The van der Waals surface area contributed by atoms with Crippen LogP contribution in [0.25, 0.3) is 0 Å². The number of anilines is 1. The minimum absolute atomic E-state index is 0.113. The van der Waals surface area contributed by atoms with Gasteiger partial charge in [-0.25, -0.2) is 4.79 Å². The summed E-state index contributed by atoms with van der Waals surface area (Å²) >= 11 is 0. The third kappa shape index (κ3) is 4.63. The van der Waals surface area contributed by atoms with Gasteiger partial charge >= 0.3 is 6.09 Å². The van der Waals surface area contributed by atoms with Crippen molar-refractivity contribution in [3.8, 4) is 5.75 Å². The maximum absolute atomic E-state index is 11.8. The molecule has 1 aliphatic carbocycles. The molecule has 0 aromatic heterocycles. The van der Waals surface area contributed by atoms with Crippen molar-refractivity contribution in [1.29, 1.82) is 0 Å². The van der Waals surface area contributed by atoms with Crippen molar-refractivity contribution in [2.45, 2.75) is 51.2 Å². The van der Waals surface area contributed by atoms with Crippen LogP contribution in [-0.4, -0.2) is 24.3 Å². The molecule has 1 aromatic rings. The van der Waals surface area contributed by atoms with Crippen molar-refractivity contribution >= 4 is 11.8 Å². The van der Waals surface area contributed by atoms with E-state index >= 15 is 0 Å². The topological polar surface area (TPSA) is 73.6 Å². The summed E-state index contributed by atoms with van der Waals surface area (Å²) < 4.78 is 10.6. The molecular weight excluding hydrogens is 268 g/mol. The van der Waals surface area contributed by atoms with Gasteiger partial charge in [0.05, 0.1) is 7.11 Å². The van der Waals surface area contributed by atoms with E-state index in [1.807, 2.05) is 32.9 Å². The molecular formula is C16H24N2O3. The standard InChI is InChI=1S/C16H24N2O3/c1-15(2,3)21-14(19)18-12-5-6-13(20-4)11(9-12)10-16(17)7-8-16/h5-6,9H,7-8,10,17H2,1-4H3,(H,18,19). The van der Waals surface area contributed by atoms with Crippen LogP contribution in [-0.2, 0) is 11.2 Å². The quantitative estimate of drug-likeness (QED) is 0.894. The third-order valence-corrected chi connectivity index (χ3v) is 3.36. The molecule has 5 nitrogen and oxygen atoms in total. The molecule has 1 aliphatic rings. The average molecular weight is 292 g/mol. The Bertz CT molecular complexity index is 531. The molecule has 0 spiro atoms. The lowest BCUT2D eigenvalue weighted by molar-refractivity contribution is 0.0636. The monoisotopic (exact) mass is 292 g/mol. The number of ether oxygens (including phenoxy) is 2. The molecule has 1 fully saturated rings. The number of hydrogen-bond acceptors (Lipinski definition) is 4. The smallest absolute Gasteiger partial charge is 0.412 e. The van der Waals surface area contributed by atoms with Gasteiger partial charge in [0.15, 0.2) is 0 Å². The van der Waals surface area contributed by atoms with Gasteiger partial charge in [0.1, 0.15) is 11.4 Å². The molecule has 21 heavy (non-hydrogen) atoms. The number of nitrogens with two attached hydrogens (primary N) is 1. The number of carbonyl (C=O) groups is 1. The van der Waals surface area contributed by atoms with Crippen LogP contribution >= 0.6 is 0 Å². The zero-order valence-corrected chi connectivity index (χ0v) is 13.2. The lowest BCUT2D eigenvalue weighted by atomic mass is 10.0. The highest BCUT2D eigenvalue weighted by molar-refractivity contribution is 5.85. The van der Waals surface area contributed by atoms with E-state index in [1.165, 1.54) is 0 Å². The van der Waals surface area contributed by atoms with Crippen LogP contribution in [0, 0.1) is 0 Å². The van der Waals surface area contributed by atoms with E-state index in [9.17, 15) is 4.79 Å². The number of nitrogens with one attached hydrogen (secondary N) is 1. The molecule has 0 atom stereocenters. The van der Waals surface area contributed by atoms with Crippen molar-refractivity contribution < 1.29 is 14.3 Å². The lowest BCUT2D eigenvalue weighted by Crippen LogP contribution is -2.27. The maximum atomic E-state index is 11.8. The molecule has 2 rings (SSSR count). The summed E-state index contributed by atoms with van der Waals surface area (Å²) in [7, 11) is 1.63. The Hall–Kier alpha value is -1.75. The Morgan fingerprint density at radius 1 is 1.38 bits per heavy atom. The molecule has 1 saturated carbocycles. The molecule has 5 heteroatoms. The van der Waals surface area contributed by atoms with E-state index in [4.69, 9.17) is 15.2 Å². The Kier molecular flexibility index (Phi) is 4.14. The maximum Gasteiger partial charge on any atom is 0.412 e. The van der Waals surface area contributed by atoms with Gasteiger partial charge < -0.3 is 15.2 Å². The number of rotatable bonds is 4. The van der Waals surface area contributed by atoms with Crippen molar-refractivity contribution in [2.75, 3.05) is 12.4 Å². The van der Waals surface area contributed by atoms with Crippen molar-refractivity contribution in [3.63, 3.8) is 0 Å². The van der Waals surface area contributed by atoms with E-state index in [0.717, 1.165) is 30.6 Å². The number of methoxy groups -OCH3 is 1. The largest absolute Gasteiger partial charge is 0.496 e. The molecule has 1 aromatic carbocycles. The number of benzene rings is 1. The fourth-order valence-electron chi connectivity index (χ4n) is 2.13. The van der Waals surface area contributed by atoms with Gasteiger partial charge in [0, 0.05) is 11.2 Å². The van der Waals surface area contributed by atoms with Gasteiger partial charge in [-0.2, -0.15) is 0 Å². The van der Waals surface area contributed by atoms with Crippen LogP contribution in [0.1, 0.15) is 39.2 Å². The highest BCUT2D eigenvalue weighted by Crippen LogP contribution is 2.38. The van der Waals surface area contributed by atoms with Crippen LogP contribution < -0.4 is 15.8 Å². The molecule has 0 saturated heterocycles. The first-order valence-corrected chi connectivity index (χ1v) is 7.17. The molecule has 0 bridgehead atoms. The predicted octanol–water partition coefficient (Wildman–Crippen LogP) is 3.08. The molecule has 0 radical (unpaired) electrons. The van der Waals surface area contributed by atoms with Crippen LogP contribution in [0.5, 0.6) is 5.75 Å². The molecule has 0 heterocycles. The van der Waals surface area contributed by atoms with Gasteiger partial charge in [0.25, 0.3) is 0 Å². The SMILES string of the molecule is COc1ccc(NC(=O)OC(C)(C)C)cc1CC1(N)CC1. The highest BCUT2D eigenvalue weighted by atomic mass is 16.6. The van der Waals surface area contributed by atoms with Crippen LogP contribution in [0.2, 0.25) is 0 Å². The second-order valence-corrected chi connectivity index (χ2v) is 6.69. The number of amides is 1. The summed E-state index contributed by atoms with van der Waals surface area (Å²) in [5.41, 5.74) is 7.23. The van der Waals surface area contributed by atoms with E-state index in [2.05, 4.69) is 5.32 Å². The van der Waals surface area contributed by atoms with Crippen LogP contribution in [0.3, 0.4) is 0 Å². The lowest BCUT2D eigenvalue weighted by Gasteiger charge is -2.20. The summed E-state index contributed by atoms with van der Waals surface area (Å²) in [5, 5.41) is 2.74. The second-order valence-electron chi connectivity index (χ2n) is 6.69. The first kappa shape index (κ1) is 15.6. The van der Waals surface area contributed by atoms with Crippen LogP contribution in [0.4, 0.5) is 10.5 Å². The van der Waals surface area contributed by atoms with E-state index in [-0.39, 0.29) is 5.54 Å². The van der Waals surface area contributed by atoms with Gasteiger partial charge in [0.2, 0.25) is 0 Å². The number of hydrogen-bond donors (Lipinski definition) is 2. The average Bonchev–Trinajstić information content (AvgIpc) is 3.04. The normalized spacial score (nSPS) is 16.2. The van der Waals surface area contributed by atoms with Gasteiger partial charge in [-0.1, -0.05) is 0 Å². The predicted molar refractivity (Wildman–Crippen MR) is 82.7 cm³/mol. The van der Waals surface area contributed by atoms with Gasteiger partial charge in [-0.05, 0) is 63.8 Å². The molecule has 1 amide bonds. The first-order chi connectivity index (χ1) is 9.71. The first-order valence-electron chi connectivity index (χ1n) is 7.17. The molecule has 3 N–H and O–H groups in total. The summed E-state index contributed by atoms with van der Waals surface area (Å²) in [6, 6.07) is 5.53. The molecule has 0 aliphatic heterocycles. The zero-order chi connectivity index (χ0) is 15.7. The van der Waals surface area contributed by atoms with Crippen molar-refractivity contribution in [2.24, 2.45) is 5.73 Å². The number of carbonyl (C=O) groups excluding carboxylic acids is 1.